The summed E-state index contributed by atoms with van der Waals surface area (Å²) in [4.78, 5) is 1.61. The summed E-state index contributed by atoms with van der Waals surface area (Å²) in [6, 6.07) is 3.51. The number of alkyl halides is 2. The lowest BCUT2D eigenvalue weighted by Gasteiger charge is -2.39. The van der Waals surface area contributed by atoms with Gasteiger partial charge in [-0.25, -0.2) is 8.78 Å². The van der Waals surface area contributed by atoms with E-state index in [4.69, 9.17) is 5.11 Å². The molecule has 1 atom stereocenters. The summed E-state index contributed by atoms with van der Waals surface area (Å²) >= 11 is 0. The largest absolute Gasteiger partial charge is 0.507 e. The van der Waals surface area contributed by atoms with Crippen LogP contribution in [0, 0.1) is 6.92 Å². The quantitative estimate of drug-likeness (QED) is 0.780. The molecular formula is C14H20F2N2O2. The van der Waals surface area contributed by atoms with Crippen molar-refractivity contribution < 1.29 is 19.0 Å². The van der Waals surface area contributed by atoms with Crippen LogP contribution in [0.4, 0.5) is 8.78 Å². The first-order valence-corrected chi connectivity index (χ1v) is 6.69. The molecule has 0 bridgehead atoms. The van der Waals surface area contributed by atoms with Gasteiger partial charge in [0.25, 0.3) is 5.92 Å². The van der Waals surface area contributed by atoms with E-state index >= 15 is 0 Å². The lowest BCUT2D eigenvalue weighted by atomic mass is 9.95. The lowest BCUT2D eigenvalue weighted by Crippen LogP contribution is -2.51. The molecule has 0 radical (unpaired) electrons. The first-order valence-electron chi connectivity index (χ1n) is 6.69. The van der Waals surface area contributed by atoms with Gasteiger partial charge in [-0.15, -0.1) is 0 Å². The first kappa shape index (κ1) is 15.2. The highest BCUT2D eigenvalue weighted by Crippen LogP contribution is 2.41. The summed E-state index contributed by atoms with van der Waals surface area (Å²) in [5.41, 5.74) is 0.724. The van der Waals surface area contributed by atoms with Gasteiger partial charge in [-0.1, -0.05) is 18.2 Å². The summed E-state index contributed by atoms with van der Waals surface area (Å²) in [6.07, 6.45) is 0. The Kier molecular flexibility index (Phi) is 4.57. The third-order valence-electron chi connectivity index (χ3n) is 3.69. The van der Waals surface area contributed by atoms with Gasteiger partial charge in [0, 0.05) is 31.7 Å². The van der Waals surface area contributed by atoms with E-state index in [9.17, 15) is 13.9 Å². The van der Waals surface area contributed by atoms with E-state index in [0.717, 1.165) is 0 Å². The molecule has 0 aromatic heterocycles. The van der Waals surface area contributed by atoms with Crippen LogP contribution in [0.3, 0.4) is 0 Å². The van der Waals surface area contributed by atoms with Gasteiger partial charge in [0.05, 0.1) is 0 Å². The monoisotopic (exact) mass is 286 g/mol. The number of hydrogen-bond donors (Lipinski definition) is 3. The van der Waals surface area contributed by atoms with E-state index in [2.05, 4.69) is 5.32 Å². The van der Waals surface area contributed by atoms with E-state index in [1.54, 1.807) is 24.0 Å². The Morgan fingerprint density at radius 3 is 2.60 bits per heavy atom. The Labute approximate surface area is 117 Å². The first-order chi connectivity index (χ1) is 9.47. The van der Waals surface area contributed by atoms with E-state index < -0.39 is 18.6 Å². The number of phenolic OH excluding ortho intramolecular Hbond substituents is 1. The average molecular weight is 286 g/mol. The number of halogens is 2. The van der Waals surface area contributed by atoms with Gasteiger partial charge < -0.3 is 15.5 Å². The third kappa shape index (κ3) is 2.92. The van der Waals surface area contributed by atoms with Gasteiger partial charge in [-0.2, -0.15) is 0 Å². The van der Waals surface area contributed by atoms with Crippen LogP contribution in [0.15, 0.2) is 18.2 Å². The topological polar surface area (TPSA) is 55.7 Å². The standard InChI is InChI=1S/C14H20F2N2O2/c1-10-3-2-4-11(12(10)20)13(14(15,16)9-19)18-7-5-17-6-8-18/h2-4,13,17,19-20H,5-9H2,1H3/t13-/m0/s1. The second kappa shape index (κ2) is 6.03. The number of benzene rings is 1. The molecule has 0 amide bonds. The van der Waals surface area contributed by atoms with Gasteiger partial charge in [0.1, 0.15) is 18.4 Å². The van der Waals surface area contributed by atoms with Crippen molar-refractivity contribution >= 4 is 0 Å². The number of aryl methyl sites for hydroxylation is 1. The van der Waals surface area contributed by atoms with Crippen LogP contribution < -0.4 is 5.32 Å². The number of aliphatic hydroxyl groups is 1. The maximum absolute atomic E-state index is 14.2. The third-order valence-corrected chi connectivity index (χ3v) is 3.69. The van der Waals surface area contributed by atoms with Crippen molar-refractivity contribution in [1.29, 1.82) is 0 Å². The second-order valence-electron chi connectivity index (χ2n) is 5.12. The maximum atomic E-state index is 14.2. The van der Waals surface area contributed by atoms with Crippen molar-refractivity contribution in [3.63, 3.8) is 0 Å². The SMILES string of the molecule is Cc1cccc([C@H](N2CCNCC2)C(F)(F)CO)c1O. The molecule has 0 aliphatic carbocycles. The predicted molar refractivity (Wildman–Crippen MR) is 72.1 cm³/mol. The Balaban J connectivity index is 2.42. The normalized spacial score (nSPS) is 19.0. The molecule has 1 saturated heterocycles. The number of hydrogen-bond acceptors (Lipinski definition) is 4. The summed E-state index contributed by atoms with van der Waals surface area (Å²) in [7, 11) is 0. The van der Waals surface area contributed by atoms with Crippen LogP contribution >= 0.6 is 0 Å². The molecule has 20 heavy (non-hydrogen) atoms. The van der Waals surface area contributed by atoms with Crippen LogP contribution in [0.1, 0.15) is 17.2 Å². The molecule has 1 fully saturated rings. The minimum absolute atomic E-state index is 0.121. The molecule has 112 valence electrons. The van der Waals surface area contributed by atoms with Gasteiger partial charge >= 0.3 is 0 Å². The average Bonchev–Trinajstić information content (AvgIpc) is 2.45. The highest BCUT2D eigenvalue weighted by Gasteiger charge is 2.45. The van der Waals surface area contributed by atoms with E-state index in [0.29, 0.717) is 31.7 Å². The molecule has 2 rings (SSSR count). The number of phenols is 1. The smallest absolute Gasteiger partial charge is 0.290 e. The second-order valence-corrected chi connectivity index (χ2v) is 5.12. The minimum atomic E-state index is -3.30. The van der Waals surface area contributed by atoms with Crippen LogP contribution in [-0.2, 0) is 0 Å². The van der Waals surface area contributed by atoms with Crippen LogP contribution in [0.25, 0.3) is 0 Å². The number of aliphatic hydroxyl groups excluding tert-OH is 1. The fraction of sp³-hybridized carbons (Fsp3) is 0.571. The number of nitrogens with zero attached hydrogens (tertiary/aromatic N) is 1. The van der Waals surface area contributed by atoms with E-state index in [1.807, 2.05) is 0 Å². The van der Waals surface area contributed by atoms with Crippen molar-refractivity contribution in [2.75, 3.05) is 32.8 Å². The molecule has 0 saturated carbocycles. The number of para-hydroxylation sites is 1. The van der Waals surface area contributed by atoms with Gasteiger partial charge in [0.15, 0.2) is 0 Å². The Morgan fingerprint density at radius 2 is 2.00 bits per heavy atom. The van der Waals surface area contributed by atoms with Gasteiger partial charge in [0.2, 0.25) is 0 Å². The Bertz CT molecular complexity index is 462. The van der Waals surface area contributed by atoms with E-state index in [1.165, 1.54) is 6.07 Å². The Morgan fingerprint density at radius 1 is 1.35 bits per heavy atom. The number of rotatable bonds is 4. The molecule has 3 N–H and O–H groups in total. The van der Waals surface area contributed by atoms with E-state index in [-0.39, 0.29) is 11.3 Å². The van der Waals surface area contributed by atoms with Gasteiger partial charge in [-0.3, -0.25) is 4.90 Å². The zero-order chi connectivity index (χ0) is 14.8. The van der Waals surface area contributed by atoms with Crippen LogP contribution in [0.2, 0.25) is 0 Å². The highest BCUT2D eigenvalue weighted by atomic mass is 19.3. The molecule has 0 unspecified atom stereocenters. The Hall–Kier alpha value is -1.24. The molecule has 1 aromatic rings. The van der Waals surface area contributed by atoms with Crippen molar-refractivity contribution in [2.45, 2.75) is 18.9 Å². The fourth-order valence-electron chi connectivity index (χ4n) is 2.62. The summed E-state index contributed by atoms with van der Waals surface area (Å²) in [6.45, 7) is 2.57. The summed E-state index contributed by atoms with van der Waals surface area (Å²) < 4.78 is 28.4. The zero-order valence-electron chi connectivity index (χ0n) is 11.4. The highest BCUT2D eigenvalue weighted by molar-refractivity contribution is 5.42. The number of aromatic hydroxyl groups is 1. The van der Waals surface area contributed by atoms with Crippen LogP contribution in [-0.4, -0.2) is 53.8 Å². The summed E-state index contributed by atoms with van der Waals surface area (Å²) in [5, 5.41) is 22.2. The number of piperazine rings is 1. The fourth-order valence-corrected chi connectivity index (χ4v) is 2.62. The van der Waals surface area contributed by atoms with Crippen LogP contribution in [0.5, 0.6) is 5.75 Å². The number of nitrogens with one attached hydrogen (secondary N) is 1. The predicted octanol–water partition coefficient (Wildman–Crippen LogP) is 1.27. The zero-order valence-corrected chi connectivity index (χ0v) is 11.4. The molecule has 6 heteroatoms. The minimum Gasteiger partial charge on any atom is -0.507 e. The molecular weight excluding hydrogens is 266 g/mol. The summed E-state index contributed by atoms with van der Waals surface area (Å²) in [5.74, 6) is -3.42. The molecule has 1 aliphatic heterocycles. The molecule has 1 aromatic carbocycles. The lowest BCUT2D eigenvalue weighted by molar-refractivity contribution is -0.119. The van der Waals surface area contributed by atoms with Crippen molar-refractivity contribution in [3.8, 4) is 5.75 Å². The van der Waals surface area contributed by atoms with Crippen molar-refractivity contribution in [1.82, 2.24) is 10.2 Å². The molecule has 1 heterocycles. The van der Waals surface area contributed by atoms with Gasteiger partial charge in [-0.05, 0) is 12.5 Å². The van der Waals surface area contributed by atoms with Crippen molar-refractivity contribution in [2.24, 2.45) is 0 Å². The molecule has 0 spiro atoms. The molecule has 1 aliphatic rings. The van der Waals surface area contributed by atoms with Crippen molar-refractivity contribution in [3.05, 3.63) is 29.3 Å². The molecule has 4 nitrogen and oxygen atoms in total. The maximum Gasteiger partial charge on any atom is 0.290 e.